The number of phenols is 1. The van der Waals surface area contributed by atoms with Crippen molar-refractivity contribution in [3.05, 3.63) is 65.6 Å². The Labute approximate surface area is 163 Å². The number of piperazine rings is 1. The van der Waals surface area contributed by atoms with Gasteiger partial charge in [-0.2, -0.15) is 5.26 Å². The average molecular weight is 380 g/mol. The number of benzene rings is 2. The van der Waals surface area contributed by atoms with Gasteiger partial charge in [-0.25, -0.2) is 4.39 Å². The summed E-state index contributed by atoms with van der Waals surface area (Å²) >= 11 is 0. The zero-order chi connectivity index (χ0) is 20.1. The number of nitrogens with zero attached hydrogens (tertiary/aromatic N) is 3. The summed E-state index contributed by atoms with van der Waals surface area (Å²) in [5, 5.41) is 22.1. The number of hydrogen-bond donors (Lipinski definition) is 2. The minimum absolute atomic E-state index is 0.0322. The second-order valence-corrected chi connectivity index (χ2v) is 6.59. The van der Waals surface area contributed by atoms with E-state index in [0.29, 0.717) is 31.9 Å². The molecule has 1 aliphatic heterocycles. The zero-order valence-electron chi connectivity index (χ0n) is 15.5. The molecule has 28 heavy (non-hydrogen) atoms. The highest BCUT2D eigenvalue weighted by atomic mass is 19.1. The Balaban J connectivity index is 1.62. The molecule has 0 bridgehead atoms. The van der Waals surface area contributed by atoms with Crippen LogP contribution in [-0.4, -0.2) is 42.1 Å². The number of anilines is 2. The molecular formula is C21H21FN4O2. The van der Waals surface area contributed by atoms with Crippen LogP contribution < -0.4 is 10.2 Å². The SMILES string of the molecule is Cc1ccc(N/C=C(/C#N)C(=O)N2CCN(c3ccc(F)cc3)CC2)c(O)c1. The standard InChI is InChI=1S/C21H21FN4O2/c1-15-2-7-19(20(27)12-15)24-14-16(13-23)21(28)26-10-8-25(9-11-26)18-5-3-17(22)4-6-18/h2-7,12,14,24,27H,8-11H2,1H3/b16-14-. The van der Waals surface area contributed by atoms with Gasteiger partial charge in [0.2, 0.25) is 0 Å². The van der Waals surface area contributed by atoms with Crippen LogP contribution in [0.2, 0.25) is 0 Å². The third kappa shape index (κ3) is 4.41. The van der Waals surface area contributed by atoms with Gasteiger partial charge in [0.1, 0.15) is 23.2 Å². The van der Waals surface area contributed by atoms with Crippen LogP contribution in [0.25, 0.3) is 0 Å². The van der Waals surface area contributed by atoms with E-state index < -0.39 is 0 Å². The topological polar surface area (TPSA) is 79.6 Å². The maximum absolute atomic E-state index is 13.1. The number of carbonyl (C=O) groups excluding carboxylic acids is 1. The van der Waals surface area contributed by atoms with Crippen LogP contribution in [0.15, 0.2) is 54.2 Å². The zero-order valence-corrected chi connectivity index (χ0v) is 15.5. The van der Waals surface area contributed by atoms with Gasteiger partial charge in [0.05, 0.1) is 5.69 Å². The first-order valence-electron chi connectivity index (χ1n) is 8.94. The van der Waals surface area contributed by atoms with E-state index in [0.717, 1.165) is 11.3 Å². The first-order valence-corrected chi connectivity index (χ1v) is 8.94. The molecule has 1 aliphatic rings. The molecule has 2 aromatic rings. The van der Waals surface area contributed by atoms with Crippen molar-refractivity contribution in [3.8, 4) is 11.8 Å². The van der Waals surface area contributed by atoms with Crippen LogP contribution in [0, 0.1) is 24.1 Å². The summed E-state index contributed by atoms with van der Waals surface area (Å²) < 4.78 is 13.1. The second-order valence-electron chi connectivity index (χ2n) is 6.59. The Bertz CT molecular complexity index is 926. The third-order valence-corrected chi connectivity index (χ3v) is 4.63. The predicted octanol–water partition coefficient (Wildman–Crippen LogP) is 3.01. The van der Waals surface area contributed by atoms with Crippen molar-refractivity contribution in [2.45, 2.75) is 6.92 Å². The van der Waals surface area contributed by atoms with Crippen LogP contribution in [0.4, 0.5) is 15.8 Å². The van der Waals surface area contributed by atoms with Crippen molar-refractivity contribution in [2.75, 3.05) is 36.4 Å². The van der Waals surface area contributed by atoms with Crippen molar-refractivity contribution in [1.82, 2.24) is 4.90 Å². The molecular weight excluding hydrogens is 359 g/mol. The van der Waals surface area contributed by atoms with E-state index in [4.69, 9.17) is 0 Å². The van der Waals surface area contributed by atoms with E-state index in [9.17, 15) is 19.6 Å². The number of phenolic OH excluding ortho intramolecular Hbond substituents is 1. The van der Waals surface area contributed by atoms with Crippen LogP contribution in [0.5, 0.6) is 5.75 Å². The fourth-order valence-electron chi connectivity index (χ4n) is 3.05. The van der Waals surface area contributed by atoms with Gasteiger partial charge in [0.25, 0.3) is 5.91 Å². The van der Waals surface area contributed by atoms with Crippen LogP contribution in [0.1, 0.15) is 5.56 Å². The van der Waals surface area contributed by atoms with E-state index in [1.807, 2.05) is 19.1 Å². The van der Waals surface area contributed by atoms with Gasteiger partial charge in [-0.1, -0.05) is 6.07 Å². The normalized spacial score (nSPS) is 14.5. The molecule has 7 heteroatoms. The van der Waals surface area contributed by atoms with Crippen molar-refractivity contribution >= 4 is 17.3 Å². The number of hydrogen-bond acceptors (Lipinski definition) is 5. The molecule has 0 aliphatic carbocycles. The molecule has 0 spiro atoms. The molecule has 2 N–H and O–H groups in total. The van der Waals surface area contributed by atoms with Gasteiger partial charge in [-0.15, -0.1) is 0 Å². The number of nitrogens with one attached hydrogen (secondary N) is 1. The van der Waals surface area contributed by atoms with Crippen LogP contribution >= 0.6 is 0 Å². The van der Waals surface area contributed by atoms with Gasteiger partial charge >= 0.3 is 0 Å². The molecule has 0 radical (unpaired) electrons. The molecule has 2 aromatic carbocycles. The number of nitriles is 1. The quantitative estimate of drug-likeness (QED) is 0.484. The lowest BCUT2D eigenvalue weighted by molar-refractivity contribution is -0.127. The molecule has 1 saturated heterocycles. The lowest BCUT2D eigenvalue weighted by Crippen LogP contribution is -2.49. The smallest absolute Gasteiger partial charge is 0.266 e. The third-order valence-electron chi connectivity index (χ3n) is 4.63. The molecule has 1 heterocycles. The number of halogens is 1. The largest absolute Gasteiger partial charge is 0.506 e. The van der Waals surface area contributed by atoms with Crippen molar-refractivity contribution in [2.24, 2.45) is 0 Å². The Morgan fingerprint density at radius 1 is 1.18 bits per heavy atom. The van der Waals surface area contributed by atoms with Crippen LogP contribution in [-0.2, 0) is 4.79 Å². The monoisotopic (exact) mass is 380 g/mol. The number of aromatic hydroxyl groups is 1. The van der Waals surface area contributed by atoms with E-state index >= 15 is 0 Å². The van der Waals surface area contributed by atoms with Crippen molar-refractivity contribution < 1.29 is 14.3 Å². The van der Waals surface area contributed by atoms with E-state index in [2.05, 4.69) is 10.2 Å². The molecule has 144 valence electrons. The maximum atomic E-state index is 13.1. The molecule has 3 rings (SSSR count). The van der Waals surface area contributed by atoms with Crippen molar-refractivity contribution in [1.29, 1.82) is 5.26 Å². The second kappa shape index (κ2) is 8.44. The molecule has 1 amide bonds. The summed E-state index contributed by atoms with van der Waals surface area (Å²) in [6.45, 7) is 3.98. The van der Waals surface area contributed by atoms with E-state index in [1.54, 1.807) is 29.2 Å². The number of carbonyl (C=O) groups is 1. The predicted molar refractivity (Wildman–Crippen MR) is 105 cm³/mol. The highest BCUT2D eigenvalue weighted by Crippen LogP contribution is 2.24. The summed E-state index contributed by atoms with van der Waals surface area (Å²) in [7, 11) is 0. The maximum Gasteiger partial charge on any atom is 0.266 e. The summed E-state index contributed by atoms with van der Waals surface area (Å²) in [5.74, 6) is -0.595. The highest BCUT2D eigenvalue weighted by Gasteiger charge is 2.24. The average Bonchev–Trinajstić information content (AvgIpc) is 2.70. The molecule has 0 saturated carbocycles. The fraction of sp³-hybridized carbons (Fsp3) is 0.238. The number of rotatable bonds is 4. The minimum Gasteiger partial charge on any atom is -0.506 e. The van der Waals surface area contributed by atoms with Gasteiger partial charge in [-0.05, 0) is 48.9 Å². The Kier molecular flexibility index (Phi) is 5.80. The number of amides is 1. The van der Waals surface area contributed by atoms with Gasteiger partial charge in [0.15, 0.2) is 0 Å². The lowest BCUT2D eigenvalue weighted by Gasteiger charge is -2.36. The summed E-state index contributed by atoms with van der Waals surface area (Å²) in [6, 6.07) is 13.3. The molecule has 6 nitrogen and oxygen atoms in total. The molecule has 0 unspecified atom stereocenters. The summed E-state index contributed by atoms with van der Waals surface area (Å²) in [4.78, 5) is 16.3. The number of aryl methyl sites for hydroxylation is 1. The summed E-state index contributed by atoms with van der Waals surface area (Å²) in [5.41, 5.74) is 2.20. The fourth-order valence-corrected chi connectivity index (χ4v) is 3.05. The Hall–Kier alpha value is -3.53. The van der Waals surface area contributed by atoms with E-state index in [1.165, 1.54) is 18.3 Å². The van der Waals surface area contributed by atoms with Crippen LogP contribution in [0.3, 0.4) is 0 Å². The first kappa shape index (κ1) is 19.2. The molecule has 0 atom stereocenters. The van der Waals surface area contributed by atoms with Gasteiger partial charge in [-0.3, -0.25) is 4.79 Å². The van der Waals surface area contributed by atoms with Crippen molar-refractivity contribution in [3.63, 3.8) is 0 Å². The lowest BCUT2D eigenvalue weighted by atomic mass is 10.2. The first-order chi connectivity index (χ1) is 13.5. The Morgan fingerprint density at radius 3 is 2.46 bits per heavy atom. The van der Waals surface area contributed by atoms with E-state index in [-0.39, 0.29) is 23.0 Å². The van der Waals surface area contributed by atoms with Gasteiger partial charge < -0.3 is 20.2 Å². The summed E-state index contributed by atoms with van der Waals surface area (Å²) in [6.07, 6.45) is 1.32. The molecule has 0 aromatic heterocycles. The highest BCUT2D eigenvalue weighted by molar-refractivity contribution is 5.97. The van der Waals surface area contributed by atoms with Gasteiger partial charge in [0, 0.05) is 38.1 Å². The molecule has 1 fully saturated rings. The Morgan fingerprint density at radius 2 is 1.86 bits per heavy atom. The minimum atomic E-state index is -0.361.